The van der Waals surface area contributed by atoms with Crippen LogP contribution >= 0.6 is 0 Å². The van der Waals surface area contributed by atoms with E-state index in [1.807, 2.05) is 18.2 Å². The number of rotatable bonds is 5. The van der Waals surface area contributed by atoms with E-state index in [4.69, 9.17) is 19.4 Å². The second-order valence-corrected chi connectivity index (χ2v) is 14.0. The minimum absolute atomic E-state index is 0.626. The largest absolute Gasteiger partial charge is 0.456 e. The molecule has 256 valence electrons. The maximum Gasteiger partial charge on any atom is 0.164 e. The first-order valence-corrected chi connectivity index (χ1v) is 18.5. The molecule has 0 saturated carbocycles. The number of hydrogen-bond donors (Lipinski definition) is 0. The van der Waals surface area contributed by atoms with Crippen LogP contribution in [-0.2, 0) is 0 Å². The Labute approximate surface area is 317 Å². The lowest BCUT2D eigenvalue weighted by atomic mass is 9.96. The van der Waals surface area contributed by atoms with E-state index >= 15 is 0 Å². The van der Waals surface area contributed by atoms with E-state index in [2.05, 4.69) is 170 Å². The molecule has 0 amide bonds. The van der Waals surface area contributed by atoms with Crippen molar-refractivity contribution in [3.8, 4) is 56.4 Å². The molecule has 0 unspecified atom stereocenters. The first-order valence-electron chi connectivity index (χ1n) is 18.5. The molecule has 55 heavy (non-hydrogen) atoms. The Hall–Kier alpha value is -7.43. The average molecular weight is 702 g/mol. The van der Waals surface area contributed by atoms with Gasteiger partial charge in [0.15, 0.2) is 17.5 Å². The normalized spacial score (nSPS) is 11.6. The zero-order chi connectivity index (χ0) is 36.3. The molecule has 11 aromatic rings. The van der Waals surface area contributed by atoms with Crippen molar-refractivity contribution in [2.45, 2.75) is 0 Å². The molecular formula is C51H31N3O. The van der Waals surface area contributed by atoms with Crippen molar-refractivity contribution in [2.24, 2.45) is 0 Å². The van der Waals surface area contributed by atoms with Gasteiger partial charge < -0.3 is 4.42 Å². The Morgan fingerprint density at radius 3 is 1.56 bits per heavy atom. The summed E-state index contributed by atoms with van der Waals surface area (Å²) in [5, 5.41) is 9.26. The molecule has 4 heteroatoms. The summed E-state index contributed by atoms with van der Waals surface area (Å²) in [6.45, 7) is 0. The molecule has 2 heterocycles. The van der Waals surface area contributed by atoms with Crippen LogP contribution in [0.1, 0.15) is 0 Å². The van der Waals surface area contributed by atoms with E-state index in [0.29, 0.717) is 17.5 Å². The van der Waals surface area contributed by atoms with Crippen molar-refractivity contribution in [1.82, 2.24) is 15.0 Å². The standard InChI is InChI=1S/C51H31N3O/c1-2-11-37-29-39(27-20-32(37)9-1)50-52-49(36-24-22-35(23-25-36)43-15-7-12-34-10-3-4-13-42(34)43)53-51(54-50)40-28-21-33-19-26-38(30-41(33)31-40)44-16-8-18-47-48(44)45-14-5-6-17-46(45)55-47/h1-31H. The van der Waals surface area contributed by atoms with E-state index in [0.717, 1.165) is 71.5 Å². The van der Waals surface area contributed by atoms with Crippen LogP contribution in [0.5, 0.6) is 0 Å². The SMILES string of the molecule is c1ccc2cc(-c3nc(-c4ccc(-c5cccc6ccccc56)cc4)nc(-c4ccc5ccc(-c6cccc7oc8ccccc8c67)cc5c4)n3)ccc2c1. The van der Waals surface area contributed by atoms with Crippen LogP contribution in [0.15, 0.2) is 192 Å². The van der Waals surface area contributed by atoms with Crippen LogP contribution in [0.4, 0.5) is 0 Å². The predicted octanol–water partition coefficient (Wildman–Crippen LogP) is 13.6. The third-order valence-corrected chi connectivity index (χ3v) is 10.7. The van der Waals surface area contributed by atoms with Crippen molar-refractivity contribution in [3.63, 3.8) is 0 Å². The van der Waals surface area contributed by atoms with Gasteiger partial charge in [-0.1, -0.05) is 158 Å². The van der Waals surface area contributed by atoms with Gasteiger partial charge in [0, 0.05) is 27.5 Å². The smallest absolute Gasteiger partial charge is 0.164 e. The number of para-hydroxylation sites is 1. The summed E-state index contributed by atoms with van der Waals surface area (Å²) in [5.41, 5.74) is 9.19. The fraction of sp³-hybridized carbons (Fsp3) is 0. The molecule has 9 aromatic carbocycles. The lowest BCUT2D eigenvalue weighted by molar-refractivity contribution is 0.669. The van der Waals surface area contributed by atoms with Crippen molar-refractivity contribution < 1.29 is 4.42 Å². The minimum Gasteiger partial charge on any atom is -0.456 e. The maximum absolute atomic E-state index is 6.22. The Kier molecular flexibility index (Phi) is 7.14. The van der Waals surface area contributed by atoms with Gasteiger partial charge in [-0.25, -0.2) is 15.0 Å². The van der Waals surface area contributed by atoms with Crippen molar-refractivity contribution >= 4 is 54.3 Å². The molecule has 0 bridgehead atoms. The van der Waals surface area contributed by atoms with Crippen LogP contribution in [0.3, 0.4) is 0 Å². The highest BCUT2D eigenvalue weighted by atomic mass is 16.3. The van der Waals surface area contributed by atoms with Gasteiger partial charge in [0.2, 0.25) is 0 Å². The lowest BCUT2D eigenvalue weighted by Crippen LogP contribution is -2.00. The molecule has 0 atom stereocenters. The number of fused-ring (bicyclic) bond motifs is 6. The van der Waals surface area contributed by atoms with E-state index < -0.39 is 0 Å². The minimum atomic E-state index is 0.626. The van der Waals surface area contributed by atoms with Crippen molar-refractivity contribution in [3.05, 3.63) is 188 Å². The van der Waals surface area contributed by atoms with Gasteiger partial charge >= 0.3 is 0 Å². The molecule has 2 aromatic heterocycles. The van der Waals surface area contributed by atoms with Crippen LogP contribution < -0.4 is 0 Å². The molecule has 0 aliphatic carbocycles. The summed E-state index contributed by atoms with van der Waals surface area (Å²) in [6, 6.07) is 65.9. The second-order valence-electron chi connectivity index (χ2n) is 14.0. The summed E-state index contributed by atoms with van der Waals surface area (Å²) < 4.78 is 6.22. The molecule has 0 fully saturated rings. The fourth-order valence-corrected chi connectivity index (χ4v) is 7.94. The van der Waals surface area contributed by atoms with Crippen LogP contribution in [0.2, 0.25) is 0 Å². The number of furan rings is 1. The van der Waals surface area contributed by atoms with Crippen LogP contribution in [0, 0.1) is 0 Å². The highest BCUT2D eigenvalue weighted by Gasteiger charge is 2.16. The zero-order valence-electron chi connectivity index (χ0n) is 29.6. The van der Waals surface area contributed by atoms with E-state index in [1.165, 1.54) is 21.7 Å². The third-order valence-electron chi connectivity index (χ3n) is 10.7. The Balaban J connectivity index is 1.04. The highest BCUT2D eigenvalue weighted by Crippen LogP contribution is 2.38. The maximum atomic E-state index is 6.22. The number of nitrogens with zero attached hydrogens (tertiary/aromatic N) is 3. The first-order chi connectivity index (χ1) is 27.2. The fourth-order valence-electron chi connectivity index (χ4n) is 7.94. The summed E-state index contributed by atoms with van der Waals surface area (Å²) in [5.74, 6) is 1.89. The van der Waals surface area contributed by atoms with Crippen molar-refractivity contribution in [2.75, 3.05) is 0 Å². The number of benzene rings is 9. The number of hydrogen-bond acceptors (Lipinski definition) is 4. The Morgan fingerprint density at radius 2 is 0.782 bits per heavy atom. The monoisotopic (exact) mass is 701 g/mol. The molecule has 0 aliphatic heterocycles. The van der Waals surface area contributed by atoms with Crippen molar-refractivity contribution in [1.29, 1.82) is 0 Å². The van der Waals surface area contributed by atoms with E-state index in [-0.39, 0.29) is 0 Å². The zero-order valence-corrected chi connectivity index (χ0v) is 29.6. The molecule has 4 nitrogen and oxygen atoms in total. The summed E-state index contributed by atoms with van der Waals surface area (Å²) in [4.78, 5) is 15.4. The van der Waals surface area contributed by atoms with Gasteiger partial charge in [0.1, 0.15) is 11.2 Å². The van der Waals surface area contributed by atoms with Crippen LogP contribution in [-0.4, -0.2) is 15.0 Å². The summed E-state index contributed by atoms with van der Waals surface area (Å²) >= 11 is 0. The molecule has 0 N–H and O–H groups in total. The summed E-state index contributed by atoms with van der Waals surface area (Å²) in [6.07, 6.45) is 0. The van der Waals surface area contributed by atoms with Gasteiger partial charge in [0.05, 0.1) is 0 Å². The Morgan fingerprint density at radius 1 is 0.291 bits per heavy atom. The van der Waals surface area contributed by atoms with Gasteiger partial charge in [-0.3, -0.25) is 0 Å². The quantitative estimate of drug-likeness (QED) is 0.179. The average Bonchev–Trinajstić information content (AvgIpc) is 3.65. The first kappa shape index (κ1) is 31.1. The van der Waals surface area contributed by atoms with Gasteiger partial charge in [-0.15, -0.1) is 0 Å². The molecule has 11 rings (SSSR count). The predicted molar refractivity (Wildman–Crippen MR) is 227 cm³/mol. The lowest BCUT2D eigenvalue weighted by Gasteiger charge is -2.11. The van der Waals surface area contributed by atoms with Gasteiger partial charge in [0.25, 0.3) is 0 Å². The topological polar surface area (TPSA) is 51.8 Å². The molecule has 0 spiro atoms. The molecular weight excluding hydrogens is 671 g/mol. The molecule has 0 radical (unpaired) electrons. The molecule has 0 aliphatic rings. The third kappa shape index (κ3) is 5.43. The highest BCUT2D eigenvalue weighted by molar-refractivity contribution is 6.13. The van der Waals surface area contributed by atoms with E-state index in [1.54, 1.807) is 0 Å². The van der Waals surface area contributed by atoms with Crippen LogP contribution in [0.25, 0.3) is 111 Å². The number of aromatic nitrogens is 3. The van der Waals surface area contributed by atoms with Gasteiger partial charge in [-0.05, 0) is 84.9 Å². The van der Waals surface area contributed by atoms with E-state index in [9.17, 15) is 0 Å². The Bertz CT molecular complexity index is 3270. The molecule has 0 saturated heterocycles. The summed E-state index contributed by atoms with van der Waals surface area (Å²) in [7, 11) is 0. The van der Waals surface area contributed by atoms with Gasteiger partial charge in [-0.2, -0.15) is 0 Å². The second kappa shape index (κ2) is 12.6.